The van der Waals surface area contributed by atoms with Crippen molar-refractivity contribution >= 4 is 153 Å². The molecule has 2 aromatic carbocycles. The van der Waals surface area contributed by atoms with Crippen molar-refractivity contribution in [3.63, 3.8) is 0 Å². The maximum Gasteiger partial charge on any atom is 0.407 e. The first-order valence-electron chi connectivity index (χ1n) is 43.6. The van der Waals surface area contributed by atoms with E-state index in [0.29, 0.717) is 16.5 Å². The summed E-state index contributed by atoms with van der Waals surface area (Å²) in [6.45, 7) is 4.19. The first-order chi connectivity index (χ1) is 64.3. The number of thiocarbonyl (C=S) groups is 1. The molecule has 1 aliphatic carbocycles. The second-order valence-electron chi connectivity index (χ2n) is 32.0. The molecule has 53 nitrogen and oxygen atoms in total. The van der Waals surface area contributed by atoms with Gasteiger partial charge in [0.25, 0.3) is 0 Å². The topological polar surface area (TPSA) is 915 Å². The Bertz CT molecular complexity index is 4900. The fourth-order valence-electron chi connectivity index (χ4n) is 13.2. The Kier molecular flexibility index (Phi) is 48.9. The molecule has 136 heavy (non-hydrogen) atoms. The molecule has 2 aliphatic rings. The normalized spacial score (nSPS) is 12.6. The van der Waals surface area contributed by atoms with Crippen LogP contribution < -0.4 is 152 Å². The van der Waals surface area contributed by atoms with Crippen molar-refractivity contribution in [1.29, 1.82) is 37.9 Å². The van der Waals surface area contributed by atoms with E-state index >= 15 is 0 Å². The summed E-state index contributed by atoms with van der Waals surface area (Å²) in [5.74, 6) is -14.1. The van der Waals surface area contributed by atoms with Crippen LogP contribution in [0.25, 0.3) is 33.4 Å². The number of nitrogens with one attached hydrogen (secondary N) is 26. The molecule has 0 saturated heterocycles. The lowest BCUT2D eigenvalue weighted by Crippen LogP contribution is -2.60. The summed E-state index contributed by atoms with van der Waals surface area (Å²) in [7, 11) is 0. The molecule has 44 N–H and O–H groups in total. The highest BCUT2D eigenvalue weighted by Crippen LogP contribution is 2.42. The largest absolute Gasteiger partial charge is 0.508 e. The molecule has 8 atom stereocenters. The standard InChI is InChI=1S/C82H130N34O19S/c1-82(2,3)135-81(132)107-37-28-57(110-61(120)26-27-62(121)133-39-38-106-80(136)108-43-20-23-46(49(40-43)72(130)131)63-47-24-21-44(117)41-58(47)134-59-42-45(118)22-25-48(59)63)65(123)98-29-11-19-60(119)109-51(13-5-31-100-74(86)87)66(124)112-53(15-7-33-102-76(90)91)68(126)114-55(17-9-35-104-78(94)95)70(128)116-56(18-10-36-105-79(96)97)71(129)115-54(16-8-34-103-77(92)93)69(127)113-52(14-6-32-101-75(88)89)67(125)111-50(64(83)122)12-4-30-99-73(84)85/h20-25,40-42,50-57,117H,4-19,26-39H2,1-3H3,(H2,83,122)(H,98,123)(H,107,132)(H,109,119)(H,110,120)(H,111,125)(H,112,124)(H,113,127)(H,114,126)(H,115,129)(H,116,128)(H,130,131)(H4,84,85,99)(H4,86,87,100)(H4,88,89,101)(H4,90,91,102)(H4,92,93,103)(H4,94,95,104)(H4,96,97,105)(H2,106,108,136)/t50-,51-,52-,53-,54-,55-,56-,57+/m1/s1. The van der Waals surface area contributed by atoms with E-state index in [4.69, 9.17) is 110 Å². The number of carboxylic acid groups (broad SMARTS) is 1. The lowest BCUT2D eigenvalue weighted by atomic mass is 9.90. The number of phenolic OH excluding ortho intramolecular Hbond substituents is 1. The van der Waals surface area contributed by atoms with Crippen LogP contribution in [0.4, 0.5) is 10.5 Å². The number of amides is 11. The number of rotatable bonds is 60. The van der Waals surface area contributed by atoms with Gasteiger partial charge in [-0.3, -0.25) is 95.4 Å². The van der Waals surface area contributed by atoms with Crippen molar-refractivity contribution in [2.24, 2.45) is 45.9 Å². The number of nitrogens with two attached hydrogens (primary N) is 8. The van der Waals surface area contributed by atoms with Gasteiger partial charge in [0.05, 0.1) is 18.5 Å². The Morgan fingerprint density at radius 1 is 0.404 bits per heavy atom. The number of alkyl carbamates (subject to hydrolysis) is 1. The number of esters is 1. The van der Waals surface area contributed by atoms with E-state index < -0.39 is 180 Å². The van der Waals surface area contributed by atoms with Gasteiger partial charge in [0.1, 0.15) is 77.6 Å². The van der Waals surface area contributed by atoms with Crippen LogP contribution in [0.15, 0.2) is 63.8 Å². The predicted octanol–water partition coefficient (Wildman–Crippen LogP) is -5.40. The Morgan fingerprint density at radius 2 is 0.779 bits per heavy atom. The monoisotopic (exact) mass is 1930 g/mol. The summed E-state index contributed by atoms with van der Waals surface area (Å²) < 4.78 is 16.5. The molecule has 2 aromatic rings. The lowest BCUT2D eigenvalue weighted by molar-refractivity contribution is -0.145. The van der Waals surface area contributed by atoms with Crippen molar-refractivity contribution in [1.82, 2.24) is 95.7 Å². The van der Waals surface area contributed by atoms with Gasteiger partial charge in [0.2, 0.25) is 59.1 Å². The molecular formula is C82H130N34O19S. The third-order valence-corrected chi connectivity index (χ3v) is 19.9. The average molecular weight is 1930 g/mol. The van der Waals surface area contributed by atoms with Gasteiger partial charge in [-0.1, -0.05) is 6.07 Å². The molecule has 4 rings (SSSR count). The molecule has 0 spiro atoms. The highest BCUT2D eigenvalue weighted by molar-refractivity contribution is 7.80. The number of aromatic hydroxyl groups is 1. The summed E-state index contributed by atoms with van der Waals surface area (Å²) in [4.78, 5) is 193. The highest BCUT2D eigenvalue weighted by atomic mass is 32.1. The smallest absolute Gasteiger partial charge is 0.407 e. The zero-order valence-corrected chi connectivity index (χ0v) is 76.7. The van der Waals surface area contributed by atoms with E-state index in [1.165, 1.54) is 42.5 Å². The molecule has 54 heteroatoms. The first-order valence-corrected chi connectivity index (χ1v) is 44.0. The van der Waals surface area contributed by atoms with E-state index in [9.17, 15) is 77.3 Å². The van der Waals surface area contributed by atoms with Crippen molar-refractivity contribution in [2.45, 2.75) is 197 Å². The van der Waals surface area contributed by atoms with Gasteiger partial charge in [-0.15, -0.1) is 0 Å². The minimum atomic E-state index is -1.60. The van der Waals surface area contributed by atoms with Crippen LogP contribution in [-0.4, -0.2) is 260 Å². The summed E-state index contributed by atoms with van der Waals surface area (Å²) >= 11 is 5.44. The number of phenols is 1. The number of primary amides is 1. The number of fused-ring (bicyclic) bond motifs is 2. The van der Waals surface area contributed by atoms with Crippen LogP contribution in [0.5, 0.6) is 5.75 Å². The fourth-order valence-corrected chi connectivity index (χ4v) is 13.4. The number of ether oxygens (including phenoxy) is 2. The second kappa shape index (κ2) is 59.0. The van der Waals surface area contributed by atoms with Gasteiger partial charge in [-0.25, -0.2) is 9.59 Å². The average Bonchev–Trinajstić information content (AvgIpc) is 0.746. The lowest BCUT2D eigenvalue weighted by Gasteiger charge is -2.28. The van der Waals surface area contributed by atoms with Crippen molar-refractivity contribution in [3.8, 4) is 28.2 Å². The maximum atomic E-state index is 14.9. The van der Waals surface area contributed by atoms with E-state index in [0.717, 1.165) is 0 Å². The molecule has 0 aromatic heterocycles. The predicted molar refractivity (Wildman–Crippen MR) is 507 cm³/mol. The number of carbonyl (C=O) groups is 13. The van der Waals surface area contributed by atoms with Gasteiger partial charge < -0.3 is 171 Å². The van der Waals surface area contributed by atoms with E-state index in [1.54, 1.807) is 32.9 Å². The summed E-state index contributed by atoms with van der Waals surface area (Å²) in [5, 5.41) is 125. The second-order valence-corrected chi connectivity index (χ2v) is 32.4. The van der Waals surface area contributed by atoms with E-state index in [-0.39, 0.29) is 232 Å². The van der Waals surface area contributed by atoms with E-state index in [2.05, 4.69) is 101 Å². The van der Waals surface area contributed by atoms with Crippen LogP contribution in [0.1, 0.15) is 153 Å². The fraction of sp³-hybridized carbons (Fsp3) is 0.512. The zero-order valence-electron chi connectivity index (χ0n) is 75.9. The minimum Gasteiger partial charge on any atom is -0.508 e. The SMILES string of the molecule is CC(C)(C)OC(=O)NCC[C@H](NC(=O)CCC(=O)OCCNC(=S)Nc1ccc(-c2c3ccc(=O)cc-3oc3cc(O)ccc23)c(C(=O)O)c1)C(=O)NCCCC(=O)N[C@H](CCCNC(=N)N)C(=O)N[C@H](CCCNC(=N)N)C(=O)N[C@H](CCCNC(=N)N)C(=O)N[C@H](CCCNC(=N)N)C(=O)N[C@H](CCCNC(=N)N)C(=O)N[C@H](CCCNC(=N)N)C(=O)N[C@H](CCCNC(=N)N)C(N)=O. The van der Waals surface area contributed by atoms with Gasteiger partial charge >= 0.3 is 18.0 Å². The minimum absolute atomic E-state index is 0.00108. The Labute approximate surface area is 787 Å². The number of aromatic carboxylic acids is 1. The number of carbonyl (C=O) groups excluding carboxylic acids is 12. The molecule has 0 bridgehead atoms. The van der Waals surface area contributed by atoms with Crippen LogP contribution in [0, 0.1) is 37.9 Å². The number of hydrogen-bond donors (Lipinski definition) is 36. The molecule has 0 radical (unpaired) electrons. The van der Waals surface area contributed by atoms with Crippen molar-refractivity contribution in [2.75, 3.05) is 77.4 Å². The number of carboxylic acids is 1. The Morgan fingerprint density at radius 3 is 1.18 bits per heavy atom. The zero-order chi connectivity index (χ0) is 101. The molecule has 0 unspecified atom stereocenters. The molecule has 1 heterocycles. The van der Waals surface area contributed by atoms with Gasteiger partial charge in [0, 0.05) is 106 Å². The summed E-state index contributed by atoms with van der Waals surface area (Å²) in [6.07, 6.45) is -3.32. The molecule has 0 fully saturated rings. The number of hydrogen-bond acceptors (Lipinski definition) is 26. The van der Waals surface area contributed by atoms with Crippen LogP contribution in [-0.2, 0) is 62.2 Å². The molecular weight excluding hydrogens is 1800 g/mol. The van der Waals surface area contributed by atoms with Crippen molar-refractivity contribution < 1.29 is 86.4 Å². The summed E-state index contributed by atoms with van der Waals surface area (Å²) in [6, 6.07) is 0.994. The molecule has 0 saturated carbocycles. The third kappa shape index (κ3) is 45.0. The molecule has 748 valence electrons. The number of benzene rings is 3. The van der Waals surface area contributed by atoms with Gasteiger partial charge in [-0.05, 0) is 178 Å². The van der Waals surface area contributed by atoms with Crippen LogP contribution in [0.3, 0.4) is 0 Å². The molecule has 1 aliphatic heterocycles. The van der Waals surface area contributed by atoms with Gasteiger partial charge in [-0.2, -0.15) is 0 Å². The highest BCUT2D eigenvalue weighted by Gasteiger charge is 2.36. The maximum absolute atomic E-state index is 14.9. The first kappa shape index (κ1) is 113. The third-order valence-electron chi connectivity index (χ3n) is 19.7. The van der Waals surface area contributed by atoms with Crippen LogP contribution >= 0.6 is 12.2 Å². The van der Waals surface area contributed by atoms with Gasteiger partial charge in [0.15, 0.2) is 52.3 Å². The van der Waals surface area contributed by atoms with Crippen molar-refractivity contribution in [3.05, 3.63) is 70.4 Å². The Hall–Kier alpha value is -15.6. The quantitative estimate of drug-likeness (QED) is 0.00490. The number of anilines is 1. The number of guanidine groups is 7. The summed E-state index contributed by atoms with van der Waals surface area (Å²) in [5.41, 5.74) is 44.4. The van der Waals surface area contributed by atoms with Crippen LogP contribution in [0.2, 0.25) is 0 Å². The van der Waals surface area contributed by atoms with E-state index in [1.807, 2.05) is 0 Å². The Balaban J connectivity index is 1.52. The molecule has 11 amide bonds.